The number of methoxy groups -OCH3 is 2. The minimum absolute atomic E-state index is 0.229. The molecule has 2 rings (SSSR count). The largest absolute Gasteiger partial charge is 0.497 e. The molecule has 100 valence electrons. The number of ether oxygens (including phenoxy) is 2. The number of nitrogens with zero attached hydrogens (tertiary/aromatic N) is 1. The van der Waals surface area contributed by atoms with E-state index in [4.69, 9.17) is 9.47 Å². The minimum atomic E-state index is -0.229. The Morgan fingerprint density at radius 1 is 1.26 bits per heavy atom. The summed E-state index contributed by atoms with van der Waals surface area (Å²) in [6, 6.07) is 7.30. The van der Waals surface area contributed by atoms with Crippen LogP contribution >= 0.6 is 15.9 Å². The highest BCUT2D eigenvalue weighted by atomic mass is 79.9. The summed E-state index contributed by atoms with van der Waals surface area (Å²) in [5.74, 6) is 1.25. The van der Waals surface area contributed by atoms with Gasteiger partial charge in [-0.3, -0.25) is 4.79 Å². The van der Waals surface area contributed by atoms with Crippen molar-refractivity contribution in [3.05, 3.63) is 44.8 Å². The van der Waals surface area contributed by atoms with Crippen LogP contribution in [0.1, 0.15) is 5.69 Å². The molecule has 0 unspecified atom stereocenters. The van der Waals surface area contributed by atoms with Crippen molar-refractivity contribution in [2.45, 2.75) is 6.61 Å². The number of H-pyrrole nitrogens is 1. The summed E-state index contributed by atoms with van der Waals surface area (Å²) in [6.45, 7) is 0.271. The van der Waals surface area contributed by atoms with Gasteiger partial charge in [-0.25, -0.2) is 4.98 Å². The van der Waals surface area contributed by atoms with E-state index >= 15 is 0 Å². The number of nitrogens with one attached hydrogen (secondary N) is 1. The molecule has 1 N–H and O–H groups in total. The van der Waals surface area contributed by atoms with Gasteiger partial charge >= 0.3 is 0 Å². The van der Waals surface area contributed by atoms with Gasteiger partial charge in [-0.15, -0.1) is 0 Å². The summed E-state index contributed by atoms with van der Waals surface area (Å²) in [4.78, 5) is 18.9. The first kappa shape index (κ1) is 13.8. The quantitative estimate of drug-likeness (QED) is 0.937. The summed E-state index contributed by atoms with van der Waals surface area (Å²) < 4.78 is 10.5. The Morgan fingerprint density at radius 2 is 1.95 bits per heavy atom. The second-order valence-corrected chi connectivity index (χ2v) is 4.63. The van der Waals surface area contributed by atoms with E-state index in [0.29, 0.717) is 16.0 Å². The highest BCUT2D eigenvalue weighted by Gasteiger charge is 2.10. The Labute approximate surface area is 118 Å². The fourth-order valence-electron chi connectivity index (χ4n) is 1.62. The molecule has 6 heteroatoms. The first-order valence-electron chi connectivity index (χ1n) is 5.57. The number of aromatic amines is 1. The monoisotopic (exact) mass is 324 g/mol. The lowest BCUT2D eigenvalue weighted by Gasteiger charge is -2.07. The summed E-state index contributed by atoms with van der Waals surface area (Å²) in [5.41, 5.74) is 1.15. The molecule has 0 spiro atoms. The van der Waals surface area contributed by atoms with Crippen LogP contribution in [0.3, 0.4) is 0 Å². The molecule has 0 aliphatic rings. The van der Waals surface area contributed by atoms with E-state index in [1.54, 1.807) is 14.2 Å². The third-order valence-corrected chi connectivity index (χ3v) is 3.39. The van der Waals surface area contributed by atoms with Gasteiger partial charge in [0, 0.05) is 12.7 Å². The molecular weight excluding hydrogens is 312 g/mol. The molecular formula is C13H13BrN2O3. The first-order chi connectivity index (χ1) is 9.15. The van der Waals surface area contributed by atoms with Crippen molar-refractivity contribution in [3.8, 4) is 17.1 Å². The van der Waals surface area contributed by atoms with Gasteiger partial charge in [0.15, 0.2) is 0 Å². The molecule has 5 nitrogen and oxygen atoms in total. The molecule has 0 atom stereocenters. The van der Waals surface area contributed by atoms with Crippen LogP contribution in [0.5, 0.6) is 5.75 Å². The van der Waals surface area contributed by atoms with E-state index in [-0.39, 0.29) is 12.2 Å². The Morgan fingerprint density at radius 3 is 2.53 bits per heavy atom. The lowest BCUT2D eigenvalue weighted by atomic mass is 10.2. The molecule has 19 heavy (non-hydrogen) atoms. The Hall–Kier alpha value is -1.66. The van der Waals surface area contributed by atoms with Crippen LogP contribution in [0, 0.1) is 0 Å². The molecule has 0 saturated carbocycles. The van der Waals surface area contributed by atoms with E-state index in [1.807, 2.05) is 24.3 Å². The predicted octanol–water partition coefficient (Wildman–Crippen LogP) is 2.35. The highest BCUT2D eigenvalue weighted by molar-refractivity contribution is 9.10. The molecule has 1 heterocycles. The molecule has 0 aliphatic heterocycles. The van der Waals surface area contributed by atoms with Crippen LogP contribution in [0.2, 0.25) is 0 Å². The van der Waals surface area contributed by atoms with Crippen LogP contribution in [0.25, 0.3) is 11.4 Å². The fourth-order valence-corrected chi connectivity index (χ4v) is 1.93. The lowest BCUT2D eigenvalue weighted by molar-refractivity contribution is 0.180. The van der Waals surface area contributed by atoms with Gasteiger partial charge in [0.1, 0.15) is 16.0 Å². The Kier molecular flexibility index (Phi) is 4.34. The molecule has 0 aliphatic carbocycles. The van der Waals surface area contributed by atoms with Crippen LogP contribution in [-0.2, 0) is 11.3 Å². The van der Waals surface area contributed by atoms with Crippen LogP contribution in [-0.4, -0.2) is 24.2 Å². The van der Waals surface area contributed by atoms with Gasteiger partial charge in [-0.1, -0.05) is 0 Å². The van der Waals surface area contributed by atoms with E-state index in [0.717, 1.165) is 11.3 Å². The fraction of sp³-hybridized carbons (Fsp3) is 0.231. The third-order valence-electron chi connectivity index (χ3n) is 2.58. The van der Waals surface area contributed by atoms with Crippen molar-refractivity contribution in [1.82, 2.24) is 9.97 Å². The van der Waals surface area contributed by atoms with E-state index in [1.165, 1.54) is 0 Å². The van der Waals surface area contributed by atoms with Crippen molar-refractivity contribution in [2.75, 3.05) is 14.2 Å². The van der Waals surface area contributed by atoms with Crippen molar-refractivity contribution >= 4 is 15.9 Å². The van der Waals surface area contributed by atoms with Crippen molar-refractivity contribution in [3.63, 3.8) is 0 Å². The van der Waals surface area contributed by atoms with Crippen LogP contribution in [0.15, 0.2) is 33.5 Å². The minimum Gasteiger partial charge on any atom is -0.497 e. The summed E-state index contributed by atoms with van der Waals surface area (Å²) in [7, 11) is 3.16. The normalized spacial score (nSPS) is 10.5. The van der Waals surface area contributed by atoms with Crippen molar-refractivity contribution < 1.29 is 9.47 Å². The second kappa shape index (κ2) is 5.99. The molecule has 0 saturated heterocycles. The van der Waals surface area contributed by atoms with Gasteiger partial charge in [0.05, 0.1) is 19.4 Å². The lowest BCUT2D eigenvalue weighted by Crippen LogP contribution is -2.14. The Bertz CT molecular complexity index is 623. The van der Waals surface area contributed by atoms with Crippen LogP contribution < -0.4 is 10.3 Å². The second-order valence-electron chi connectivity index (χ2n) is 3.84. The van der Waals surface area contributed by atoms with Gasteiger partial charge in [-0.05, 0) is 40.2 Å². The first-order valence-corrected chi connectivity index (χ1v) is 6.37. The smallest absolute Gasteiger partial charge is 0.265 e. The van der Waals surface area contributed by atoms with Gasteiger partial charge in [0.2, 0.25) is 0 Å². The number of hydrogen-bond donors (Lipinski definition) is 1. The standard InChI is InChI=1S/C13H13BrN2O3/c1-18-7-10-11(14)13(17)16-12(15-10)8-3-5-9(19-2)6-4-8/h3-6H,7H2,1-2H3,(H,15,16,17). The van der Waals surface area contributed by atoms with Crippen molar-refractivity contribution in [1.29, 1.82) is 0 Å². The topological polar surface area (TPSA) is 64.2 Å². The van der Waals surface area contributed by atoms with Gasteiger partial charge < -0.3 is 14.5 Å². The molecule has 0 bridgehead atoms. The number of benzene rings is 1. The number of rotatable bonds is 4. The third kappa shape index (κ3) is 3.02. The molecule has 0 radical (unpaired) electrons. The van der Waals surface area contributed by atoms with E-state index in [9.17, 15) is 4.79 Å². The zero-order valence-corrected chi connectivity index (χ0v) is 12.2. The number of hydrogen-bond acceptors (Lipinski definition) is 4. The van der Waals surface area contributed by atoms with Crippen molar-refractivity contribution in [2.24, 2.45) is 0 Å². The molecule has 0 amide bonds. The molecule has 0 fully saturated rings. The summed E-state index contributed by atoms with van der Waals surface area (Å²) in [5, 5.41) is 0. The maximum absolute atomic E-state index is 11.8. The molecule has 1 aromatic heterocycles. The number of aromatic nitrogens is 2. The predicted molar refractivity (Wildman–Crippen MR) is 75.3 cm³/mol. The summed E-state index contributed by atoms with van der Waals surface area (Å²) >= 11 is 3.20. The van der Waals surface area contributed by atoms with E-state index < -0.39 is 0 Å². The zero-order valence-electron chi connectivity index (χ0n) is 10.6. The maximum Gasteiger partial charge on any atom is 0.265 e. The highest BCUT2D eigenvalue weighted by Crippen LogP contribution is 2.20. The number of halogens is 1. The van der Waals surface area contributed by atoms with Gasteiger partial charge in [0.25, 0.3) is 5.56 Å². The van der Waals surface area contributed by atoms with Gasteiger partial charge in [-0.2, -0.15) is 0 Å². The van der Waals surface area contributed by atoms with E-state index in [2.05, 4.69) is 25.9 Å². The SMILES string of the molecule is COCc1nc(-c2ccc(OC)cc2)[nH]c(=O)c1Br. The average Bonchev–Trinajstić information content (AvgIpc) is 2.44. The molecule has 1 aromatic carbocycles. The summed E-state index contributed by atoms with van der Waals surface area (Å²) in [6.07, 6.45) is 0. The average molecular weight is 325 g/mol. The Balaban J connectivity index is 2.46. The van der Waals surface area contributed by atoms with Crippen LogP contribution in [0.4, 0.5) is 0 Å². The maximum atomic E-state index is 11.8. The zero-order chi connectivity index (χ0) is 13.8. The molecule has 2 aromatic rings.